The summed E-state index contributed by atoms with van der Waals surface area (Å²) in [5.74, 6) is -0.177. The Balaban J connectivity index is 2.68. The Morgan fingerprint density at radius 3 is 2.43 bits per heavy atom. The van der Waals surface area contributed by atoms with E-state index >= 15 is 0 Å². The predicted molar refractivity (Wildman–Crippen MR) is 87.0 cm³/mol. The van der Waals surface area contributed by atoms with E-state index in [2.05, 4.69) is 0 Å². The number of amides is 1. The summed E-state index contributed by atoms with van der Waals surface area (Å²) < 4.78 is 23.2. The third-order valence-electron chi connectivity index (χ3n) is 3.23. The molecule has 0 bridgehead atoms. The van der Waals surface area contributed by atoms with Gasteiger partial charge in [-0.1, -0.05) is 30.7 Å². The number of hydrogen-bond acceptors (Lipinski definition) is 3. The third kappa shape index (κ3) is 5.89. The summed E-state index contributed by atoms with van der Waals surface area (Å²) in [4.78, 5) is 13.4. The Morgan fingerprint density at radius 2 is 1.90 bits per heavy atom. The van der Waals surface area contributed by atoms with Crippen molar-refractivity contribution < 1.29 is 13.2 Å². The molecule has 116 valence electrons. The Bertz CT molecular complexity index is 608. The van der Waals surface area contributed by atoms with E-state index in [1.165, 1.54) is 11.0 Å². The second-order valence-corrected chi connectivity index (χ2v) is 7.72. The van der Waals surface area contributed by atoms with Gasteiger partial charge in [0.25, 0.3) is 0 Å². The summed E-state index contributed by atoms with van der Waals surface area (Å²) in [6, 6.07) is 6.73. The summed E-state index contributed by atoms with van der Waals surface area (Å²) in [5, 5.41) is 0.633. The number of sulfone groups is 1. The fourth-order valence-corrected chi connectivity index (χ4v) is 2.99. The van der Waals surface area contributed by atoms with Gasteiger partial charge in [-0.25, -0.2) is 8.42 Å². The summed E-state index contributed by atoms with van der Waals surface area (Å²) in [7, 11) is -1.50. The molecule has 6 heteroatoms. The molecule has 1 atom stereocenters. The number of hydrogen-bond donors (Lipinski definition) is 0. The minimum atomic E-state index is -3.10. The maximum atomic E-state index is 12.0. The molecular formula is C15H20ClNO3S. The van der Waals surface area contributed by atoms with Crippen molar-refractivity contribution in [3.05, 3.63) is 40.9 Å². The molecule has 0 aliphatic rings. The van der Waals surface area contributed by atoms with Crippen LogP contribution in [0.5, 0.6) is 0 Å². The van der Waals surface area contributed by atoms with Gasteiger partial charge in [0.2, 0.25) is 5.91 Å². The summed E-state index contributed by atoms with van der Waals surface area (Å²) in [6.45, 7) is 3.32. The van der Waals surface area contributed by atoms with Crippen LogP contribution < -0.4 is 0 Å². The van der Waals surface area contributed by atoms with Gasteiger partial charge in [-0.05, 0) is 30.7 Å². The van der Waals surface area contributed by atoms with Gasteiger partial charge in [0.05, 0.1) is 5.75 Å². The third-order valence-corrected chi connectivity index (χ3v) is 5.35. The van der Waals surface area contributed by atoms with E-state index in [4.69, 9.17) is 11.6 Å². The van der Waals surface area contributed by atoms with E-state index in [9.17, 15) is 13.2 Å². The number of likely N-dealkylation sites (N-methyl/N-ethyl adjacent to an activating group) is 1. The lowest BCUT2D eigenvalue weighted by Gasteiger charge is -2.23. The number of carbonyl (C=O) groups is 1. The zero-order valence-corrected chi connectivity index (χ0v) is 14.0. The van der Waals surface area contributed by atoms with Gasteiger partial charge in [0.1, 0.15) is 0 Å². The largest absolute Gasteiger partial charge is 0.338 e. The van der Waals surface area contributed by atoms with Crippen molar-refractivity contribution in [2.24, 2.45) is 0 Å². The zero-order valence-electron chi connectivity index (χ0n) is 12.4. The van der Waals surface area contributed by atoms with Crippen LogP contribution in [-0.2, 0) is 14.6 Å². The Kier molecular flexibility index (Phi) is 6.42. The molecule has 1 aromatic carbocycles. The molecule has 0 unspecified atom stereocenters. The van der Waals surface area contributed by atoms with E-state index in [-0.39, 0.29) is 23.5 Å². The van der Waals surface area contributed by atoms with E-state index in [1.807, 2.05) is 0 Å². The lowest BCUT2D eigenvalue weighted by molar-refractivity contribution is -0.126. The predicted octanol–water partition coefficient (Wildman–Crippen LogP) is 2.63. The van der Waals surface area contributed by atoms with E-state index in [0.717, 1.165) is 5.56 Å². The highest BCUT2D eigenvalue weighted by Crippen LogP contribution is 2.11. The van der Waals surface area contributed by atoms with Gasteiger partial charge < -0.3 is 4.90 Å². The molecule has 1 amide bonds. The van der Waals surface area contributed by atoms with E-state index < -0.39 is 9.84 Å². The molecule has 21 heavy (non-hydrogen) atoms. The molecule has 0 fully saturated rings. The standard InChI is InChI=1S/C15H20ClNO3S/c1-4-21(19,20)11-12(2)17(3)15(18)10-7-13-5-8-14(16)9-6-13/h5-10,12H,4,11H2,1-3H3/b10-7-/t12-/m0/s1. The van der Waals surface area contributed by atoms with Crippen molar-refractivity contribution in [2.45, 2.75) is 19.9 Å². The van der Waals surface area contributed by atoms with Crippen LogP contribution in [0.15, 0.2) is 30.3 Å². The highest BCUT2D eigenvalue weighted by Gasteiger charge is 2.19. The molecule has 0 N–H and O–H groups in total. The van der Waals surface area contributed by atoms with Crippen LogP contribution in [0.2, 0.25) is 5.02 Å². The average molecular weight is 330 g/mol. The first kappa shape index (κ1) is 17.7. The SMILES string of the molecule is CCS(=O)(=O)C[C@H](C)N(C)C(=O)/C=C\c1ccc(Cl)cc1. The van der Waals surface area contributed by atoms with Gasteiger partial charge >= 0.3 is 0 Å². The highest BCUT2D eigenvalue weighted by atomic mass is 35.5. The maximum Gasteiger partial charge on any atom is 0.246 e. The van der Waals surface area contributed by atoms with Crippen molar-refractivity contribution in [3.63, 3.8) is 0 Å². The topological polar surface area (TPSA) is 54.5 Å². The fraction of sp³-hybridized carbons (Fsp3) is 0.400. The molecule has 0 aromatic heterocycles. The van der Waals surface area contributed by atoms with Crippen LogP contribution in [0.25, 0.3) is 6.08 Å². The Labute approximate surface area is 131 Å². The second-order valence-electron chi connectivity index (χ2n) is 4.88. The van der Waals surface area contributed by atoms with Crippen molar-refractivity contribution in [3.8, 4) is 0 Å². The summed E-state index contributed by atoms with van der Waals surface area (Å²) >= 11 is 5.79. The molecule has 0 saturated heterocycles. The summed E-state index contributed by atoms with van der Waals surface area (Å²) in [5.41, 5.74) is 0.856. The molecule has 1 aromatic rings. The average Bonchev–Trinajstić information content (AvgIpc) is 2.45. The van der Waals surface area contributed by atoms with Crippen LogP contribution in [0.4, 0.5) is 0 Å². The monoisotopic (exact) mass is 329 g/mol. The van der Waals surface area contributed by atoms with E-state index in [0.29, 0.717) is 5.02 Å². The van der Waals surface area contributed by atoms with Crippen molar-refractivity contribution >= 4 is 33.4 Å². The number of benzene rings is 1. The van der Waals surface area contributed by atoms with Crippen molar-refractivity contribution in [2.75, 3.05) is 18.6 Å². The molecule has 0 aliphatic carbocycles. The van der Waals surface area contributed by atoms with Crippen molar-refractivity contribution in [1.82, 2.24) is 4.90 Å². The van der Waals surface area contributed by atoms with Gasteiger partial charge in [-0.2, -0.15) is 0 Å². The molecule has 0 heterocycles. The van der Waals surface area contributed by atoms with Crippen molar-refractivity contribution in [1.29, 1.82) is 0 Å². The molecule has 4 nitrogen and oxygen atoms in total. The normalized spacial score (nSPS) is 13.3. The second kappa shape index (κ2) is 7.61. The molecule has 0 aliphatic heterocycles. The molecule has 0 saturated carbocycles. The molecular weight excluding hydrogens is 310 g/mol. The van der Waals surface area contributed by atoms with Crippen LogP contribution in [-0.4, -0.2) is 43.8 Å². The van der Waals surface area contributed by atoms with Crippen LogP contribution >= 0.6 is 11.6 Å². The number of halogens is 1. The summed E-state index contributed by atoms with van der Waals surface area (Å²) in [6.07, 6.45) is 3.11. The zero-order chi connectivity index (χ0) is 16.0. The molecule has 0 spiro atoms. The van der Waals surface area contributed by atoms with Crippen LogP contribution in [0.3, 0.4) is 0 Å². The van der Waals surface area contributed by atoms with Crippen LogP contribution in [0.1, 0.15) is 19.4 Å². The lowest BCUT2D eigenvalue weighted by Crippen LogP contribution is -2.38. The van der Waals surface area contributed by atoms with Gasteiger partial charge in [0.15, 0.2) is 9.84 Å². The first-order valence-electron chi connectivity index (χ1n) is 6.66. The van der Waals surface area contributed by atoms with Crippen LogP contribution in [0, 0.1) is 0 Å². The van der Waals surface area contributed by atoms with Gasteiger partial charge in [-0.15, -0.1) is 0 Å². The minimum Gasteiger partial charge on any atom is -0.338 e. The number of nitrogens with zero attached hydrogens (tertiary/aromatic N) is 1. The highest BCUT2D eigenvalue weighted by molar-refractivity contribution is 7.91. The first-order chi connectivity index (χ1) is 9.75. The molecule has 1 rings (SSSR count). The van der Waals surface area contributed by atoms with Gasteiger partial charge in [0, 0.05) is 29.9 Å². The number of rotatable bonds is 6. The maximum absolute atomic E-state index is 12.0. The minimum absolute atomic E-state index is 0.0273. The first-order valence-corrected chi connectivity index (χ1v) is 8.86. The smallest absolute Gasteiger partial charge is 0.246 e. The lowest BCUT2D eigenvalue weighted by atomic mass is 10.2. The quantitative estimate of drug-likeness (QED) is 0.754. The van der Waals surface area contributed by atoms with Gasteiger partial charge in [-0.3, -0.25) is 4.79 Å². The fourth-order valence-electron chi connectivity index (χ4n) is 1.67. The number of carbonyl (C=O) groups excluding carboxylic acids is 1. The van der Waals surface area contributed by atoms with E-state index in [1.54, 1.807) is 51.2 Å². The molecule has 0 radical (unpaired) electrons. The Hall–Kier alpha value is -1.33. The Morgan fingerprint density at radius 1 is 1.33 bits per heavy atom.